The maximum Gasteiger partial charge on any atom is 0.325 e. The fourth-order valence-electron chi connectivity index (χ4n) is 6.11. The molecule has 3 amide bonds. The molecule has 0 aliphatic carbocycles. The van der Waals surface area contributed by atoms with Gasteiger partial charge in [-0.25, -0.2) is 14.5 Å². The molecule has 1 unspecified atom stereocenters. The van der Waals surface area contributed by atoms with Crippen LogP contribution in [0.25, 0.3) is 0 Å². The first-order chi connectivity index (χ1) is 18.7. The van der Waals surface area contributed by atoms with Crippen molar-refractivity contribution in [2.24, 2.45) is 11.3 Å². The number of anilines is 2. The molecule has 2 aromatic rings. The van der Waals surface area contributed by atoms with Gasteiger partial charge in [0.1, 0.15) is 11.6 Å². The minimum atomic E-state index is -4.17. The lowest BCUT2D eigenvalue weighted by Gasteiger charge is -2.34. The molecule has 5 rings (SSSR count). The zero-order valence-electron chi connectivity index (χ0n) is 24.2. The molecule has 11 nitrogen and oxygen atoms in total. The van der Waals surface area contributed by atoms with Crippen molar-refractivity contribution in [3.8, 4) is 0 Å². The van der Waals surface area contributed by atoms with Crippen molar-refractivity contribution < 1.29 is 18.0 Å². The van der Waals surface area contributed by atoms with Gasteiger partial charge in [0, 0.05) is 44.5 Å². The molecular weight excluding hydrogens is 530 g/mol. The first kappa shape index (κ1) is 28.4. The van der Waals surface area contributed by atoms with Gasteiger partial charge in [-0.2, -0.15) is 13.5 Å². The van der Waals surface area contributed by atoms with E-state index in [0.29, 0.717) is 50.3 Å². The Kier molecular flexibility index (Phi) is 7.35. The summed E-state index contributed by atoms with van der Waals surface area (Å²) in [6.45, 7) is 13.9. The number of hydrogen-bond donors (Lipinski definition) is 1. The number of aromatic nitrogens is 3. The van der Waals surface area contributed by atoms with Gasteiger partial charge in [0.25, 0.3) is 15.9 Å². The topological polar surface area (TPSA) is 121 Å². The molecule has 2 aromatic heterocycles. The minimum absolute atomic E-state index is 0.0941. The second-order valence-electron chi connectivity index (χ2n) is 13.1. The highest BCUT2D eigenvalue weighted by Crippen LogP contribution is 2.40. The van der Waals surface area contributed by atoms with E-state index in [0.717, 1.165) is 32.1 Å². The van der Waals surface area contributed by atoms with Crippen LogP contribution in [-0.4, -0.2) is 71.7 Å². The monoisotopic (exact) mass is 571 g/mol. The molecule has 3 aliphatic heterocycles. The lowest BCUT2D eigenvalue weighted by atomic mass is 9.90. The number of nitrogens with one attached hydrogen (secondary N) is 1. The number of carbonyl (C=O) groups excluding carboxylic acids is 2. The standard InChI is InChI=1S/C28H41N7O4S/c1-27(2,3)12-7-13-32-16-17-34(26(32)37)22-10-9-21-24(29-22)35-19-20(18-28(35,4)5)8-6-14-33-15-11-23(30-33)40(38,39)31-25(21)36/h9-11,15,20H,6-8,12-14,16-19H2,1-5H3,(H,31,36). The summed E-state index contributed by atoms with van der Waals surface area (Å²) in [6, 6.07) is 4.54. The van der Waals surface area contributed by atoms with Gasteiger partial charge in [-0.3, -0.25) is 14.4 Å². The highest BCUT2D eigenvalue weighted by Gasteiger charge is 2.41. The fourth-order valence-corrected chi connectivity index (χ4v) is 7.02. The summed E-state index contributed by atoms with van der Waals surface area (Å²) < 4.78 is 29.8. The predicted molar refractivity (Wildman–Crippen MR) is 153 cm³/mol. The molecule has 0 radical (unpaired) electrons. The largest absolute Gasteiger partial charge is 0.350 e. The molecule has 218 valence electrons. The molecule has 0 spiro atoms. The van der Waals surface area contributed by atoms with E-state index >= 15 is 0 Å². The van der Waals surface area contributed by atoms with Gasteiger partial charge in [0.2, 0.25) is 0 Å². The normalized spacial score (nSPS) is 22.7. The van der Waals surface area contributed by atoms with Gasteiger partial charge in [-0.1, -0.05) is 20.8 Å². The van der Waals surface area contributed by atoms with Gasteiger partial charge in [-0.15, -0.1) is 0 Å². The van der Waals surface area contributed by atoms with Gasteiger partial charge in [0.15, 0.2) is 5.03 Å². The van der Waals surface area contributed by atoms with Crippen molar-refractivity contribution in [3.63, 3.8) is 0 Å². The maximum atomic E-state index is 13.5. The Bertz CT molecular complexity index is 1400. The predicted octanol–water partition coefficient (Wildman–Crippen LogP) is 3.86. The van der Waals surface area contributed by atoms with E-state index in [1.165, 1.54) is 6.07 Å². The van der Waals surface area contributed by atoms with Crippen LogP contribution in [0, 0.1) is 11.3 Å². The van der Waals surface area contributed by atoms with Crippen LogP contribution in [0.3, 0.4) is 0 Å². The number of aryl methyl sites for hydroxylation is 1. The van der Waals surface area contributed by atoms with Crippen LogP contribution in [0.5, 0.6) is 0 Å². The van der Waals surface area contributed by atoms with Crippen molar-refractivity contribution in [1.82, 2.24) is 24.4 Å². The number of urea groups is 1. The Morgan fingerprint density at radius 2 is 1.88 bits per heavy atom. The highest BCUT2D eigenvalue weighted by molar-refractivity contribution is 7.90. The SMILES string of the molecule is CC(C)(C)CCCN1CCN(c2ccc3c(n2)N2CC(CCCn4ccc(n4)S(=O)(=O)NC3=O)CC2(C)C)C1=O. The van der Waals surface area contributed by atoms with Gasteiger partial charge < -0.3 is 9.80 Å². The molecule has 3 aliphatic rings. The van der Waals surface area contributed by atoms with E-state index < -0.39 is 15.9 Å². The smallest absolute Gasteiger partial charge is 0.325 e. The van der Waals surface area contributed by atoms with E-state index in [9.17, 15) is 18.0 Å². The van der Waals surface area contributed by atoms with Crippen molar-refractivity contribution >= 4 is 33.6 Å². The summed E-state index contributed by atoms with van der Waals surface area (Å²) in [7, 11) is -4.17. The van der Waals surface area contributed by atoms with Crippen LogP contribution < -0.4 is 14.5 Å². The number of pyridine rings is 1. The third kappa shape index (κ3) is 5.82. The number of rotatable bonds is 4. The number of amides is 3. The van der Waals surface area contributed by atoms with Crippen LogP contribution in [-0.2, 0) is 16.6 Å². The molecule has 1 atom stereocenters. The second kappa shape index (κ2) is 10.4. The number of fused-ring (bicyclic) bond motifs is 6. The van der Waals surface area contributed by atoms with Crippen LogP contribution >= 0.6 is 0 Å². The first-order valence-corrected chi connectivity index (χ1v) is 15.7. The quantitative estimate of drug-likeness (QED) is 0.592. The van der Waals surface area contributed by atoms with Gasteiger partial charge in [0.05, 0.1) is 5.56 Å². The van der Waals surface area contributed by atoms with Crippen LogP contribution in [0.1, 0.15) is 77.1 Å². The molecule has 0 aromatic carbocycles. The summed E-state index contributed by atoms with van der Waals surface area (Å²) >= 11 is 0. The zero-order valence-corrected chi connectivity index (χ0v) is 25.0. The number of carbonyl (C=O) groups is 2. The Hall–Kier alpha value is -3.15. The van der Waals surface area contributed by atoms with E-state index in [2.05, 4.69) is 49.3 Å². The summed E-state index contributed by atoms with van der Waals surface area (Å²) in [6.07, 6.45) is 6.29. The Balaban J connectivity index is 1.47. The molecule has 0 saturated carbocycles. The van der Waals surface area contributed by atoms with Crippen molar-refractivity contribution in [2.75, 3.05) is 36.0 Å². The van der Waals surface area contributed by atoms with E-state index in [1.807, 2.05) is 4.90 Å². The summed E-state index contributed by atoms with van der Waals surface area (Å²) in [5.74, 6) is 0.484. The number of hydrogen-bond acceptors (Lipinski definition) is 7. The van der Waals surface area contributed by atoms with Crippen molar-refractivity contribution in [2.45, 2.75) is 83.8 Å². The Morgan fingerprint density at radius 3 is 2.62 bits per heavy atom. The Morgan fingerprint density at radius 1 is 1.10 bits per heavy atom. The zero-order chi connectivity index (χ0) is 28.9. The molecule has 1 N–H and O–H groups in total. The third-order valence-electron chi connectivity index (χ3n) is 8.16. The summed E-state index contributed by atoms with van der Waals surface area (Å²) in [5, 5.41) is 3.99. The molecule has 12 heteroatoms. The van der Waals surface area contributed by atoms with Crippen molar-refractivity contribution in [1.29, 1.82) is 0 Å². The van der Waals surface area contributed by atoms with Crippen molar-refractivity contribution in [3.05, 3.63) is 30.0 Å². The Labute approximate surface area is 237 Å². The third-order valence-corrected chi connectivity index (χ3v) is 9.39. The first-order valence-electron chi connectivity index (χ1n) is 14.2. The number of nitrogens with zero attached hydrogens (tertiary/aromatic N) is 6. The van der Waals surface area contributed by atoms with E-state index in [4.69, 9.17) is 4.98 Å². The van der Waals surface area contributed by atoms with Crippen LogP contribution in [0.2, 0.25) is 0 Å². The highest BCUT2D eigenvalue weighted by atomic mass is 32.2. The van der Waals surface area contributed by atoms with E-state index in [-0.39, 0.29) is 27.6 Å². The average molecular weight is 572 g/mol. The second-order valence-corrected chi connectivity index (χ2v) is 14.7. The molecule has 40 heavy (non-hydrogen) atoms. The lowest BCUT2D eigenvalue weighted by molar-refractivity contribution is 0.0981. The molecule has 4 bridgehead atoms. The molecule has 2 saturated heterocycles. The number of sulfonamides is 1. The minimum Gasteiger partial charge on any atom is -0.350 e. The molecule has 5 heterocycles. The molecule has 2 fully saturated rings. The fraction of sp³-hybridized carbons (Fsp3) is 0.643. The summed E-state index contributed by atoms with van der Waals surface area (Å²) in [5.41, 5.74) is 0.0599. The van der Waals surface area contributed by atoms with Crippen LogP contribution in [0.15, 0.2) is 29.4 Å². The maximum absolute atomic E-state index is 13.5. The van der Waals surface area contributed by atoms with E-state index in [1.54, 1.807) is 27.9 Å². The average Bonchev–Trinajstić information content (AvgIpc) is 3.55. The lowest BCUT2D eigenvalue weighted by Crippen LogP contribution is -2.41. The van der Waals surface area contributed by atoms with Gasteiger partial charge in [-0.05, 0) is 75.5 Å². The van der Waals surface area contributed by atoms with Gasteiger partial charge >= 0.3 is 6.03 Å². The molecular formula is C28H41N7O4S. The van der Waals surface area contributed by atoms with Crippen LogP contribution in [0.4, 0.5) is 16.4 Å². The summed E-state index contributed by atoms with van der Waals surface area (Å²) in [4.78, 5) is 37.3.